The summed E-state index contributed by atoms with van der Waals surface area (Å²) in [5, 5.41) is 0. The molecular formula is C21H36O2. The predicted octanol–water partition coefficient (Wildman–Crippen LogP) is 5.45. The molecule has 0 aromatic carbocycles. The molecule has 0 aromatic heterocycles. The summed E-state index contributed by atoms with van der Waals surface area (Å²) in [6, 6.07) is 0. The second kappa shape index (κ2) is 5.77. The van der Waals surface area contributed by atoms with Crippen LogP contribution >= 0.6 is 0 Å². The maximum Gasteiger partial charge on any atom is 0.312 e. The van der Waals surface area contributed by atoms with Gasteiger partial charge in [0.25, 0.3) is 0 Å². The molecular weight excluding hydrogens is 284 g/mol. The summed E-state index contributed by atoms with van der Waals surface area (Å²) in [7, 11) is 0. The lowest BCUT2D eigenvalue weighted by molar-refractivity contribution is -0.174. The van der Waals surface area contributed by atoms with E-state index in [1.165, 1.54) is 25.7 Å². The SMILES string of the molecule is CCC1CC(CC)C2C1C1CC2C(C)(C(=O)OC(C)(C)CC)C1. The third-order valence-corrected chi connectivity index (χ3v) is 7.94. The molecule has 0 saturated heterocycles. The van der Waals surface area contributed by atoms with E-state index in [4.69, 9.17) is 4.74 Å². The summed E-state index contributed by atoms with van der Waals surface area (Å²) in [6.45, 7) is 13.1. The Morgan fingerprint density at radius 3 is 2.26 bits per heavy atom. The molecule has 0 spiro atoms. The standard InChI is InChI=1S/C21H36O2/c1-7-13-10-14(8-2)18-16-11-15(17(13)18)12-21(16,6)19(22)23-20(4,5)9-3/h13-18H,7-12H2,1-6H3. The fourth-order valence-electron chi connectivity index (χ4n) is 6.42. The Morgan fingerprint density at radius 1 is 1.09 bits per heavy atom. The fraction of sp³-hybridized carbons (Fsp3) is 0.952. The van der Waals surface area contributed by atoms with Gasteiger partial charge < -0.3 is 4.74 Å². The van der Waals surface area contributed by atoms with Crippen LogP contribution in [0.25, 0.3) is 0 Å². The third-order valence-electron chi connectivity index (χ3n) is 7.94. The minimum absolute atomic E-state index is 0.0881. The Kier molecular flexibility index (Phi) is 4.34. The smallest absolute Gasteiger partial charge is 0.312 e. The maximum absolute atomic E-state index is 13.0. The van der Waals surface area contributed by atoms with Crippen molar-refractivity contribution in [1.29, 1.82) is 0 Å². The minimum atomic E-state index is -0.326. The fourth-order valence-corrected chi connectivity index (χ4v) is 6.42. The topological polar surface area (TPSA) is 26.3 Å². The number of hydrogen-bond donors (Lipinski definition) is 0. The van der Waals surface area contributed by atoms with E-state index in [0.29, 0.717) is 5.92 Å². The largest absolute Gasteiger partial charge is 0.459 e. The summed E-state index contributed by atoms with van der Waals surface area (Å²) >= 11 is 0. The van der Waals surface area contributed by atoms with Crippen LogP contribution in [0.5, 0.6) is 0 Å². The average Bonchev–Trinajstić information content (AvgIpc) is 3.15. The predicted molar refractivity (Wildman–Crippen MR) is 93.9 cm³/mol. The average molecular weight is 321 g/mol. The van der Waals surface area contributed by atoms with E-state index in [2.05, 4.69) is 27.7 Å². The van der Waals surface area contributed by atoms with Gasteiger partial charge in [0.2, 0.25) is 0 Å². The van der Waals surface area contributed by atoms with Crippen LogP contribution in [0.3, 0.4) is 0 Å². The molecule has 3 aliphatic carbocycles. The lowest BCUT2D eigenvalue weighted by atomic mass is 9.63. The van der Waals surface area contributed by atoms with Gasteiger partial charge >= 0.3 is 5.97 Å². The first kappa shape index (κ1) is 17.3. The summed E-state index contributed by atoms with van der Waals surface area (Å²) in [4.78, 5) is 13.0. The van der Waals surface area contributed by atoms with Crippen LogP contribution in [0.2, 0.25) is 0 Å². The van der Waals surface area contributed by atoms with Gasteiger partial charge in [-0.25, -0.2) is 0 Å². The summed E-state index contributed by atoms with van der Waals surface area (Å²) < 4.78 is 5.96. The van der Waals surface area contributed by atoms with Gasteiger partial charge in [-0.1, -0.05) is 33.6 Å². The second-order valence-corrected chi connectivity index (χ2v) is 9.45. The van der Waals surface area contributed by atoms with Crippen LogP contribution in [-0.2, 0) is 9.53 Å². The van der Waals surface area contributed by atoms with E-state index in [1.807, 2.05) is 13.8 Å². The van der Waals surface area contributed by atoms with Crippen molar-refractivity contribution in [2.75, 3.05) is 0 Å². The summed E-state index contributed by atoms with van der Waals surface area (Å²) in [5.74, 6) is 4.86. The van der Waals surface area contributed by atoms with Crippen LogP contribution in [0, 0.1) is 40.9 Å². The zero-order chi connectivity index (χ0) is 17.0. The third kappa shape index (κ3) is 2.55. The Bertz CT molecular complexity index is 468. The molecule has 7 unspecified atom stereocenters. The number of ether oxygens (including phenoxy) is 1. The zero-order valence-electron chi connectivity index (χ0n) is 16.0. The number of fused-ring (bicyclic) bond motifs is 5. The highest BCUT2D eigenvalue weighted by atomic mass is 16.6. The van der Waals surface area contributed by atoms with Crippen molar-refractivity contribution in [2.24, 2.45) is 40.9 Å². The molecule has 3 aliphatic rings. The quantitative estimate of drug-likeness (QED) is 0.629. The first-order valence-corrected chi connectivity index (χ1v) is 10.0. The molecule has 0 radical (unpaired) electrons. The normalized spacial score (nSPS) is 45.3. The molecule has 0 aliphatic heterocycles. The molecule has 2 bridgehead atoms. The van der Waals surface area contributed by atoms with Gasteiger partial charge in [0.1, 0.15) is 5.60 Å². The molecule has 0 aromatic rings. The second-order valence-electron chi connectivity index (χ2n) is 9.45. The first-order chi connectivity index (χ1) is 10.8. The highest BCUT2D eigenvalue weighted by molar-refractivity contribution is 5.78. The number of esters is 1. The van der Waals surface area contributed by atoms with Crippen molar-refractivity contribution in [3.63, 3.8) is 0 Å². The molecule has 3 saturated carbocycles. The minimum Gasteiger partial charge on any atom is -0.459 e. The Hall–Kier alpha value is -0.530. The summed E-state index contributed by atoms with van der Waals surface area (Å²) in [6.07, 6.45) is 7.24. The van der Waals surface area contributed by atoms with Gasteiger partial charge in [0, 0.05) is 0 Å². The Labute approximate surface area is 142 Å². The van der Waals surface area contributed by atoms with Gasteiger partial charge in [-0.05, 0) is 82.0 Å². The van der Waals surface area contributed by atoms with Crippen molar-refractivity contribution in [1.82, 2.24) is 0 Å². The molecule has 2 nitrogen and oxygen atoms in total. The number of carbonyl (C=O) groups excluding carboxylic acids is 1. The lowest BCUT2D eigenvalue weighted by Crippen LogP contribution is -2.45. The molecule has 3 fully saturated rings. The molecule has 0 amide bonds. The van der Waals surface area contributed by atoms with E-state index in [0.717, 1.165) is 42.4 Å². The monoisotopic (exact) mass is 320 g/mol. The van der Waals surface area contributed by atoms with E-state index in [-0.39, 0.29) is 17.0 Å². The van der Waals surface area contributed by atoms with Crippen molar-refractivity contribution in [2.45, 2.75) is 85.7 Å². The molecule has 2 heteroatoms. The van der Waals surface area contributed by atoms with Crippen LogP contribution < -0.4 is 0 Å². The highest BCUT2D eigenvalue weighted by Crippen LogP contribution is 2.69. The zero-order valence-corrected chi connectivity index (χ0v) is 16.0. The lowest BCUT2D eigenvalue weighted by Gasteiger charge is -2.42. The summed E-state index contributed by atoms with van der Waals surface area (Å²) in [5.41, 5.74) is -0.554. The van der Waals surface area contributed by atoms with Crippen LogP contribution in [0.15, 0.2) is 0 Å². The molecule has 132 valence electrons. The van der Waals surface area contributed by atoms with Crippen LogP contribution in [0.1, 0.15) is 80.1 Å². The van der Waals surface area contributed by atoms with E-state index in [1.54, 1.807) is 0 Å². The molecule has 0 heterocycles. The van der Waals surface area contributed by atoms with E-state index in [9.17, 15) is 4.79 Å². The molecule has 7 atom stereocenters. The van der Waals surface area contributed by atoms with Crippen LogP contribution in [-0.4, -0.2) is 11.6 Å². The van der Waals surface area contributed by atoms with Crippen LogP contribution in [0.4, 0.5) is 0 Å². The van der Waals surface area contributed by atoms with Crippen molar-refractivity contribution in [3.05, 3.63) is 0 Å². The van der Waals surface area contributed by atoms with Crippen molar-refractivity contribution >= 4 is 5.97 Å². The van der Waals surface area contributed by atoms with Gasteiger partial charge in [-0.2, -0.15) is 0 Å². The molecule has 0 N–H and O–H groups in total. The Morgan fingerprint density at radius 2 is 1.70 bits per heavy atom. The highest BCUT2D eigenvalue weighted by Gasteiger charge is 2.66. The van der Waals surface area contributed by atoms with Crippen molar-refractivity contribution < 1.29 is 9.53 Å². The molecule has 3 rings (SSSR count). The number of rotatable bonds is 5. The van der Waals surface area contributed by atoms with Gasteiger partial charge in [-0.15, -0.1) is 0 Å². The Balaban J connectivity index is 1.82. The maximum atomic E-state index is 13.0. The number of hydrogen-bond acceptors (Lipinski definition) is 2. The van der Waals surface area contributed by atoms with Crippen molar-refractivity contribution in [3.8, 4) is 0 Å². The first-order valence-electron chi connectivity index (χ1n) is 10.0. The van der Waals surface area contributed by atoms with E-state index >= 15 is 0 Å². The van der Waals surface area contributed by atoms with Gasteiger partial charge in [0.15, 0.2) is 0 Å². The number of carbonyl (C=O) groups is 1. The molecule has 23 heavy (non-hydrogen) atoms. The van der Waals surface area contributed by atoms with Gasteiger partial charge in [-0.3, -0.25) is 4.79 Å². The van der Waals surface area contributed by atoms with Gasteiger partial charge in [0.05, 0.1) is 5.41 Å². The van der Waals surface area contributed by atoms with E-state index < -0.39 is 0 Å².